The van der Waals surface area contributed by atoms with Gasteiger partial charge in [-0.05, 0) is 44.7 Å². The highest BCUT2D eigenvalue weighted by Gasteiger charge is 2.35. The van der Waals surface area contributed by atoms with Crippen molar-refractivity contribution in [1.29, 1.82) is 0 Å². The van der Waals surface area contributed by atoms with Crippen molar-refractivity contribution < 1.29 is 28.6 Å². The number of nitrogens with zero attached hydrogens (tertiary/aromatic N) is 1. The fourth-order valence-corrected chi connectivity index (χ4v) is 5.79. The van der Waals surface area contributed by atoms with Gasteiger partial charge in [0.15, 0.2) is 0 Å². The number of methoxy groups -OCH3 is 1. The predicted molar refractivity (Wildman–Crippen MR) is 144 cm³/mol. The molecule has 1 aliphatic heterocycles. The summed E-state index contributed by atoms with van der Waals surface area (Å²) in [6.07, 6.45) is 4.94. The number of amides is 3. The standard InChI is InChI=1S/C27H42ClFN4O5/c1-30-16-22(24(34)18-8-4-3-5-9-18)32-26(35)33-14-7-10-19(17-33)25(38-15-13-31-27(36)37-2)20-11-6-12-21(28)23(20)29/h6,11-12,18-19,22,24-25,30,34H,3-5,7-10,13-17H2,1-2H3,(H,31,36)(H,32,35)/t19-,22-,24-,25?/m1/s1. The molecule has 9 nitrogen and oxygen atoms in total. The molecule has 3 amide bonds. The minimum absolute atomic E-state index is 0.000743. The average Bonchev–Trinajstić information content (AvgIpc) is 2.94. The lowest BCUT2D eigenvalue weighted by molar-refractivity contribution is -0.0113. The molecule has 4 N–H and O–H groups in total. The summed E-state index contributed by atoms with van der Waals surface area (Å²) in [6, 6.07) is 4.14. The molecule has 0 radical (unpaired) electrons. The number of likely N-dealkylation sites (tertiary alicyclic amines) is 1. The third-order valence-corrected chi connectivity index (χ3v) is 7.89. The predicted octanol–water partition coefficient (Wildman–Crippen LogP) is 3.84. The lowest BCUT2D eigenvalue weighted by Crippen LogP contribution is -2.56. The minimum atomic E-state index is -0.662. The van der Waals surface area contributed by atoms with E-state index < -0.39 is 30.2 Å². The number of halogens is 2. The smallest absolute Gasteiger partial charge is 0.406 e. The summed E-state index contributed by atoms with van der Waals surface area (Å²) < 4.78 is 25.7. The maximum Gasteiger partial charge on any atom is 0.406 e. The number of urea groups is 1. The topological polar surface area (TPSA) is 112 Å². The normalized spacial score (nSPS) is 20.9. The van der Waals surface area contributed by atoms with Crippen LogP contribution in [0, 0.1) is 17.7 Å². The maximum atomic E-state index is 15.0. The summed E-state index contributed by atoms with van der Waals surface area (Å²) in [7, 11) is 3.08. The Hall–Kier alpha value is -2.14. The molecule has 0 bridgehead atoms. The Balaban J connectivity index is 1.69. The van der Waals surface area contributed by atoms with E-state index in [1.807, 2.05) is 0 Å². The number of carbonyl (C=O) groups is 2. The van der Waals surface area contributed by atoms with Crippen LogP contribution in [0.25, 0.3) is 0 Å². The zero-order valence-electron chi connectivity index (χ0n) is 22.4. The van der Waals surface area contributed by atoms with Crippen molar-refractivity contribution in [2.45, 2.75) is 63.2 Å². The van der Waals surface area contributed by atoms with Crippen LogP contribution in [0.4, 0.5) is 14.0 Å². The van der Waals surface area contributed by atoms with Crippen molar-refractivity contribution in [2.24, 2.45) is 11.8 Å². The van der Waals surface area contributed by atoms with E-state index in [1.54, 1.807) is 24.1 Å². The first-order valence-corrected chi connectivity index (χ1v) is 14.0. The first-order valence-electron chi connectivity index (χ1n) is 13.6. The highest BCUT2D eigenvalue weighted by Crippen LogP contribution is 2.36. The largest absolute Gasteiger partial charge is 0.453 e. The van der Waals surface area contributed by atoms with Crippen LogP contribution in [0.3, 0.4) is 0 Å². The zero-order chi connectivity index (χ0) is 27.5. The summed E-state index contributed by atoms with van der Waals surface area (Å²) in [4.78, 5) is 26.4. The average molecular weight is 557 g/mol. The molecule has 1 heterocycles. The van der Waals surface area contributed by atoms with Gasteiger partial charge in [-0.3, -0.25) is 0 Å². The molecule has 1 saturated heterocycles. The third kappa shape index (κ3) is 8.43. The summed E-state index contributed by atoms with van der Waals surface area (Å²) in [6.45, 7) is 1.70. The lowest BCUT2D eigenvalue weighted by Gasteiger charge is -2.39. The highest BCUT2D eigenvalue weighted by atomic mass is 35.5. The summed E-state index contributed by atoms with van der Waals surface area (Å²) in [5, 5.41) is 19.7. The minimum Gasteiger partial charge on any atom is -0.453 e. The number of hydrogen-bond acceptors (Lipinski definition) is 6. The molecular formula is C27H42ClFN4O5. The first-order chi connectivity index (χ1) is 18.3. The molecule has 1 aromatic carbocycles. The molecule has 2 fully saturated rings. The zero-order valence-corrected chi connectivity index (χ0v) is 23.1. The summed E-state index contributed by atoms with van der Waals surface area (Å²) in [5.41, 5.74) is 0.323. The second-order valence-corrected chi connectivity index (χ2v) is 10.6. The van der Waals surface area contributed by atoms with E-state index in [0.29, 0.717) is 25.2 Å². The lowest BCUT2D eigenvalue weighted by atomic mass is 9.82. The Morgan fingerprint density at radius 1 is 1.18 bits per heavy atom. The number of rotatable bonds is 11. The molecule has 1 saturated carbocycles. The number of carbonyl (C=O) groups excluding carboxylic acids is 2. The molecule has 1 unspecified atom stereocenters. The number of ether oxygens (including phenoxy) is 2. The van der Waals surface area contributed by atoms with Gasteiger partial charge in [0, 0.05) is 37.7 Å². The van der Waals surface area contributed by atoms with Crippen LogP contribution < -0.4 is 16.0 Å². The molecule has 11 heteroatoms. The van der Waals surface area contributed by atoms with E-state index in [0.717, 1.165) is 38.5 Å². The van der Waals surface area contributed by atoms with Crippen molar-refractivity contribution in [3.63, 3.8) is 0 Å². The van der Waals surface area contributed by atoms with E-state index in [1.165, 1.54) is 19.6 Å². The van der Waals surface area contributed by atoms with Crippen molar-refractivity contribution >= 4 is 23.7 Å². The van der Waals surface area contributed by atoms with Gasteiger partial charge in [-0.1, -0.05) is 43.0 Å². The highest BCUT2D eigenvalue weighted by molar-refractivity contribution is 6.30. The van der Waals surface area contributed by atoms with Crippen LogP contribution in [-0.2, 0) is 9.47 Å². The number of benzene rings is 1. The van der Waals surface area contributed by atoms with Gasteiger partial charge < -0.3 is 35.4 Å². The second kappa shape index (κ2) is 15.5. The molecule has 4 atom stereocenters. The molecule has 38 heavy (non-hydrogen) atoms. The van der Waals surface area contributed by atoms with Crippen LogP contribution in [0.2, 0.25) is 5.02 Å². The van der Waals surface area contributed by atoms with Crippen molar-refractivity contribution in [3.05, 3.63) is 34.6 Å². The number of aliphatic hydroxyl groups excluding tert-OH is 1. The van der Waals surface area contributed by atoms with E-state index >= 15 is 4.39 Å². The molecule has 3 rings (SSSR count). The number of hydrogen-bond donors (Lipinski definition) is 4. The Labute approximate surface area is 229 Å². The van der Waals surface area contributed by atoms with Gasteiger partial charge in [-0.15, -0.1) is 0 Å². The molecule has 1 aromatic rings. The first kappa shape index (κ1) is 30.4. The van der Waals surface area contributed by atoms with Crippen LogP contribution in [0.5, 0.6) is 0 Å². The van der Waals surface area contributed by atoms with Gasteiger partial charge >= 0.3 is 12.1 Å². The molecule has 2 aliphatic rings. The number of aliphatic hydroxyl groups is 1. The van der Waals surface area contributed by atoms with Gasteiger partial charge in [0.1, 0.15) is 5.82 Å². The Morgan fingerprint density at radius 2 is 1.92 bits per heavy atom. The fraction of sp³-hybridized carbons (Fsp3) is 0.704. The SMILES string of the molecule is CNC[C@@H](NC(=O)N1CCC[C@@H](C(OCCNC(=O)OC)c2cccc(Cl)c2F)C1)[C@H](O)C1CCCCC1. The quantitative estimate of drug-likeness (QED) is 0.308. The molecule has 0 aromatic heterocycles. The fourth-order valence-electron chi connectivity index (χ4n) is 5.60. The van der Waals surface area contributed by atoms with Gasteiger partial charge in [-0.2, -0.15) is 0 Å². The van der Waals surface area contributed by atoms with Crippen LogP contribution >= 0.6 is 11.6 Å². The Bertz CT molecular complexity index is 904. The van der Waals surface area contributed by atoms with Gasteiger partial charge in [-0.25, -0.2) is 14.0 Å². The number of likely N-dealkylation sites (N-methyl/N-ethyl adjacent to an activating group) is 1. The van der Waals surface area contributed by atoms with Gasteiger partial charge in [0.2, 0.25) is 0 Å². The number of nitrogens with one attached hydrogen (secondary N) is 3. The Kier molecular flexibility index (Phi) is 12.4. The summed E-state index contributed by atoms with van der Waals surface area (Å²) >= 11 is 6.07. The van der Waals surface area contributed by atoms with E-state index in [9.17, 15) is 14.7 Å². The van der Waals surface area contributed by atoms with Crippen LogP contribution in [0.1, 0.15) is 56.6 Å². The monoisotopic (exact) mass is 556 g/mol. The van der Waals surface area contributed by atoms with E-state index in [2.05, 4.69) is 20.7 Å². The van der Waals surface area contributed by atoms with Crippen molar-refractivity contribution in [2.75, 3.05) is 46.9 Å². The molecular weight excluding hydrogens is 515 g/mol. The van der Waals surface area contributed by atoms with Gasteiger partial charge in [0.25, 0.3) is 0 Å². The van der Waals surface area contributed by atoms with Crippen LogP contribution in [-0.4, -0.2) is 81.2 Å². The summed E-state index contributed by atoms with van der Waals surface area (Å²) in [5.74, 6) is -0.559. The van der Waals surface area contributed by atoms with Crippen molar-refractivity contribution in [1.82, 2.24) is 20.9 Å². The Morgan fingerprint density at radius 3 is 2.63 bits per heavy atom. The molecule has 1 aliphatic carbocycles. The number of piperidine rings is 1. The van der Waals surface area contributed by atoms with Gasteiger partial charge in [0.05, 0.1) is 37.0 Å². The van der Waals surface area contributed by atoms with Crippen LogP contribution in [0.15, 0.2) is 18.2 Å². The number of alkyl carbamates (subject to hydrolysis) is 1. The second-order valence-electron chi connectivity index (χ2n) is 10.2. The van der Waals surface area contributed by atoms with E-state index in [4.69, 9.17) is 16.3 Å². The molecule has 214 valence electrons. The molecule has 0 spiro atoms. The maximum absolute atomic E-state index is 15.0. The van der Waals surface area contributed by atoms with E-state index in [-0.39, 0.29) is 36.0 Å². The van der Waals surface area contributed by atoms with Crippen molar-refractivity contribution in [3.8, 4) is 0 Å². The third-order valence-electron chi connectivity index (χ3n) is 7.59.